The van der Waals surface area contributed by atoms with Crippen LogP contribution < -0.4 is 0 Å². The summed E-state index contributed by atoms with van der Waals surface area (Å²) in [6.07, 6.45) is 0. The van der Waals surface area contributed by atoms with Gasteiger partial charge in [-0.1, -0.05) is 0 Å². The molecule has 0 saturated carbocycles. The molecule has 0 fully saturated rings. The van der Waals surface area contributed by atoms with Crippen LogP contribution >= 0.6 is 11.6 Å². The standard InChI is InChI=1S/C13H11ClF2O/c1-7-5-10(8(2)17-7)13(14)11-6-9(15)3-4-12(11)16/h3-6,13H,1-2H3. The first kappa shape index (κ1) is 12.1. The first-order chi connectivity index (χ1) is 7.99. The second-order valence-electron chi connectivity index (χ2n) is 3.90. The summed E-state index contributed by atoms with van der Waals surface area (Å²) in [7, 11) is 0. The van der Waals surface area contributed by atoms with Gasteiger partial charge < -0.3 is 4.42 Å². The van der Waals surface area contributed by atoms with Crippen LogP contribution in [0.25, 0.3) is 0 Å². The lowest BCUT2D eigenvalue weighted by Gasteiger charge is -2.10. The SMILES string of the molecule is Cc1cc(C(Cl)c2cc(F)ccc2F)c(C)o1. The summed E-state index contributed by atoms with van der Waals surface area (Å²) in [5, 5.41) is -0.747. The van der Waals surface area contributed by atoms with E-state index in [-0.39, 0.29) is 5.56 Å². The number of halogens is 3. The molecule has 0 amide bonds. The van der Waals surface area contributed by atoms with Crippen LogP contribution in [0.1, 0.15) is 28.0 Å². The lowest BCUT2D eigenvalue weighted by atomic mass is 10.0. The van der Waals surface area contributed by atoms with Crippen molar-refractivity contribution >= 4 is 11.6 Å². The Morgan fingerprint density at radius 2 is 1.82 bits per heavy atom. The number of hydrogen-bond donors (Lipinski definition) is 0. The molecular weight excluding hydrogens is 246 g/mol. The molecule has 0 radical (unpaired) electrons. The summed E-state index contributed by atoms with van der Waals surface area (Å²) < 4.78 is 32.0. The van der Waals surface area contributed by atoms with Gasteiger partial charge in [0.05, 0.1) is 5.38 Å². The van der Waals surface area contributed by atoms with E-state index in [0.717, 1.165) is 18.2 Å². The molecule has 17 heavy (non-hydrogen) atoms. The maximum absolute atomic E-state index is 13.6. The van der Waals surface area contributed by atoms with E-state index >= 15 is 0 Å². The minimum atomic E-state index is -0.747. The summed E-state index contributed by atoms with van der Waals surface area (Å²) in [4.78, 5) is 0. The minimum Gasteiger partial charge on any atom is -0.466 e. The Morgan fingerprint density at radius 1 is 1.12 bits per heavy atom. The molecule has 1 aromatic carbocycles. The molecule has 0 aliphatic carbocycles. The fourth-order valence-corrected chi connectivity index (χ4v) is 2.16. The minimum absolute atomic E-state index is 0.121. The highest BCUT2D eigenvalue weighted by Crippen LogP contribution is 2.34. The Kier molecular flexibility index (Phi) is 3.20. The van der Waals surface area contributed by atoms with Crippen molar-refractivity contribution in [3.05, 3.63) is 58.5 Å². The highest BCUT2D eigenvalue weighted by Gasteiger charge is 2.20. The van der Waals surface area contributed by atoms with Crippen LogP contribution in [0.5, 0.6) is 0 Å². The third kappa shape index (κ3) is 2.34. The highest BCUT2D eigenvalue weighted by molar-refractivity contribution is 6.22. The number of benzene rings is 1. The number of alkyl halides is 1. The van der Waals surface area contributed by atoms with Crippen LogP contribution in [0, 0.1) is 25.5 Å². The van der Waals surface area contributed by atoms with Gasteiger partial charge in [0.25, 0.3) is 0 Å². The molecule has 0 aliphatic rings. The molecule has 0 saturated heterocycles. The van der Waals surface area contributed by atoms with Gasteiger partial charge >= 0.3 is 0 Å². The van der Waals surface area contributed by atoms with Crippen molar-refractivity contribution in [3.63, 3.8) is 0 Å². The van der Waals surface area contributed by atoms with E-state index in [9.17, 15) is 8.78 Å². The highest BCUT2D eigenvalue weighted by atomic mass is 35.5. The third-order valence-corrected chi connectivity index (χ3v) is 3.05. The molecule has 4 heteroatoms. The lowest BCUT2D eigenvalue weighted by Crippen LogP contribution is -1.98. The first-order valence-corrected chi connectivity index (χ1v) is 5.58. The maximum Gasteiger partial charge on any atom is 0.128 e. The van der Waals surface area contributed by atoms with Crippen LogP contribution in [0.4, 0.5) is 8.78 Å². The van der Waals surface area contributed by atoms with E-state index in [2.05, 4.69) is 0 Å². The molecule has 1 heterocycles. The Labute approximate surface area is 103 Å². The van der Waals surface area contributed by atoms with E-state index < -0.39 is 17.0 Å². The fourth-order valence-electron chi connectivity index (χ4n) is 1.78. The Bertz CT molecular complexity index is 548. The average Bonchev–Trinajstić information content (AvgIpc) is 2.60. The monoisotopic (exact) mass is 256 g/mol. The summed E-state index contributed by atoms with van der Waals surface area (Å²) in [6, 6.07) is 4.98. The molecule has 0 spiro atoms. The van der Waals surface area contributed by atoms with Crippen LogP contribution in [0.15, 0.2) is 28.7 Å². The van der Waals surface area contributed by atoms with Gasteiger partial charge in [0, 0.05) is 11.1 Å². The van der Waals surface area contributed by atoms with E-state index in [1.807, 2.05) is 0 Å². The third-order valence-electron chi connectivity index (χ3n) is 2.58. The fraction of sp³-hybridized carbons (Fsp3) is 0.231. The number of hydrogen-bond acceptors (Lipinski definition) is 1. The number of rotatable bonds is 2. The normalized spacial score (nSPS) is 12.8. The summed E-state index contributed by atoms with van der Waals surface area (Å²) in [5.74, 6) is 0.278. The summed E-state index contributed by atoms with van der Waals surface area (Å²) in [5.41, 5.74) is 0.782. The smallest absolute Gasteiger partial charge is 0.128 e. The van der Waals surface area contributed by atoms with Crippen LogP contribution in [0.2, 0.25) is 0 Å². The second kappa shape index (κ2) is 4.49. The van der Waals surface area contributed by atoms with Crippen LogP contribution in [-0.2, 0) is 0 Å². The molecule has 1 aromatic heterocycles. The molecule has 2 aromatic rings. The lowest BCUT2D eigenvalue weighted by molar-refractivity contribution is 0.501. The maximum atomic E-state index is 13.6. The zero-order valence-corrected chi connectivity index (χ0v) is 10.2. The average molecular weight is 257 g/mol. The van der Waals surface area contributed by atoms with Crippen LogP contribution in [0.3, 0.4) is 0 Å². The summed E-state index contributed by atoms with van der Waals surface area (Å²) in [6.45, 7) is 3.52. The van der Waals surface area contributed by atoms with Gasteiger partial charge in [-0.15, -0.1) is 11.6 Å². The molecule has 0 bridgehead atoms. The van der Waals surface area contributed by atoms with Crippen molar-refractivity contribution < 1.29 is 13.2 Å². The van der Waals surface area contributed by atoms with Crippen molar-refractivity contribution in [3.8, 4) is 0 Å². The van der Waals surface area contributed by atoms with Gasteiger partial charge in [0.15, 0.2) is 0 Å². The van der Waals surface area contributed by atoms with E-state index in [4.69, 9.17) is 16.0 Å². The van der Waals surface area contributed by atoms with Gasteiger partial charge in [-0.3, -0.25) is 0 Å². The van der Waals surface area contributed by atoms with Crippen LogP contribution in [-0.4, -0.2) is 0 Å². The predicted octanol–water partition coefficient (Wildman–Crippen LogP) is 4.50. The zero-order chi connectivity index (χ0) is 12.6. The molecule has 1 unspecified atom stereocenters. The van der Waals surface area contributed by atoms with Crippen molar-refractivity contribution in [2.45, 2.75) is 19.2 Å². The van der Waals surface area contributed by atoms with E-state index in [1.165, 1.54) is 0 Å². The van der Waals surface area contributed by atoms with Gasteiger partial charge in [-0.2, -0.15) is 0 Å². The van der Waals surface area contributed by atoms with Crippen molar-refractivity contribution in [1.29, 1.82) is 0 Å². The molecule has 90 valence electrons. The van der Waals surface area contributed by atoms with E-state index in [0.29, 0.717) is 17.1 Å². The van der Waals surface area contributed by atoms with Gasteiger partial charge in [0.2, 0.25) is 0 Å². The number of furan rings is 1. The summed E-state index contributed by atoms with van der Waals surface area (Å²) >= 11 is 6.16. The van der Waals surface area contributed by atoms with Gasteiger partial charge in [-0.05, 0) is 38.1 Å². The molecule has 0 N–H and O–H groups in total. The molecule has 0 aliphatic heterocycles. The molecular formula is C13H11ClF2O. The second-order valence-corrected chi connectivity index (χ2v) is 4.33. The largest absolute Gasteiger partial charge is 0.466 e. The van der Waals surface area contributed by atoms with Gasteiger partial charge in [0.1, 0.15) is 23.2 Å². The Morgan fingerprint density at radius 3 is 2.41 bits per heavy atom. The quantitative estimate of drug-likeness (QED) is 0.721. The zero-order valence-electron chi connectivity index (χ0n) is 9.43. The Balaban J connectivity index is 2.46. The number of aryl methyl sites for hydroxylation is 2. The van der Waals surface area contributed by atoms with Crippen molar-refractivity contribution in [2.24, 2.45) is 0 Å². The molecule has 2 rings (SSSR count). The van der Waals surface area contributed by atoms with Crippen molar-refractivity contribution in [1.82, 2.24) is 0 Å². The van der Waals surface area contributed by atoms with Crippen molar-refractivity contribution in [2.75, 3.05) is 0 Å². The molecule has 1 atom stereocenters. The van der Waals surface area contributed by atoms with E-state index in [1.54, 1.807) is 19.9 Å². The van der Waals surface area contributed by atoms with Gasteiger partial charge in [-0.25, -0.2) is 8.78 Å². The first-order valence-electron chi connectivity index (χ1n) is 5.15. The topological polar surface area (TPSA) is 13.1 Å². The predicted molar refractivity (Wildman–Crippen MR) is 62.2 cm³/mol. The molecule has 1 nitrogen and oxygen atoms in total. The Hall–Kier alpha value is -1.35.